The molecule has 1 aliphatic rings. The van der Waals surface area contributed by atoms with E-state index in [2.05, 4.69) is 15.5 Å². The molecule has 0 bridgehead atoms. The van der Waals surface area contributed by atoms with Gasteiger partial charge in [0.1, 0.15) is 5.58 Å². The predicted molar refractivity (Wildman–Crippen MR) is 87.1 cm³/mol. The molecular formula is C17H23N3O2. The Labute approximate surface area is 130 Å². The Balaban J connectivity index is 1.38. The predicted octanol–water partition coefficient (Wildman–Crippen LogP) is 1.85. The van der Waals surface area contributed by atoms with Gasteiger partial charge >= 0.3 is 0 Å². The van der Waals surface area contributed by atoms with Crippen LogP contribution in [0.1, 0.15) is 23.4 Å². The quantitative estimate of drug-likeness (QED) is 0.800. The van der Waals surface area contributed by atoms with Crippen LogP contribution >= 0.6 is 0 Å². The summed E-state index contributed by atoms with van der Waals surface area (Å²) in [6.45, 7) is 6.24. The summed E-state index contributed by atoms with van der Waals surface area (Å²) < 4.78 is 5.55. The van der Waals surface area contributed by atoms with Crippen molar-refractivity contribution in [3.63, 3.8) is 0 Å². The molecule has 3 rings (SSSR count). The summed E-state index contributed by atoms with van der Waals surface area (Å²) in [5, 5.41) is 7.25. The molecule has 5 heteroatoms. The summed E-state index contributed by atoms with van der Waals surface area (Å²) in [7, 11) is 0. The molecule has 0 aliphatic carbocycles. The van der Waals surface area contributed by atoms with Crippen molar-refractivity contribution in [2.45, 2.75) is 12.8 Å². The van der Waals surface area contributed by atoms with E-state index in [0.717, 1.165) is 56.5 Å². The van der Waals surface area contributed by atoms with Gasteiger partial charge in [0.25, 0.3) is 5.91 Å². The van der Waals surface area contributed by atoms with Gasteiger partial charge in [-0.15, -0.1) is 0 Å². The number of carbonyl (C=O) groups is 1. The van der Waals surface area contributed by atoms with Crippen LogP contribution < -0.4 is 10.6 Å². The average molecular weight is 301 g/mol. The van der Waals surface area contributed by atoms with Crippen LogP contribution in [0, 0.1) is 0 Å². The standard InChI is InChI=1S/C17H23N3O2/c21-17(16-13-14-5-1-2-6-15(14)22-16)19-7-3-4-10-20-11-8-18-9-12-20/h1-2,5-6,13,18H,3-4,7-12H2,(H,19,21). The van der Waals surface area contributed by atoms with Crippen LogP contribution in [0.15, 0.2) is 34.7 Å². The molecule has 1 fully saturated rings. The Hall–Kier alpha value is -1.85. The highest BCUT2D eigenvalue weighted by Gasteiger charge is 2.12. The molecule has 0 unspecified atom stereocenters. The molecule has 2 heterocycles. The Kier molecular flexibility index (Phi) is 5.08. The number of hydrogen-bond acceptors (Lipinski definition) is 4. The maximum atomic E-state index is 12.1. The second kappa shape index (κ2) is 7.42. The number of piperazine rings is 1. The molecule has 118 valence electrons. The van der Waals surface area contributed by atoms with Crippen molar-refractivity contribution in [1.82, 2.24) is 15.5 Å². The molecule has 1 saturated heterocycles. The van der Waals surface area contributed by atoms with E-state index >= 15 is 0 Å². The monoisotopic (exact) mass is 301 g/mol. The fraction of sp³-hybridized carbons (Fsp3) is 0.471. The number of amides is 1. The van der Waals surface area contributed by atoms with Crippen molar-refractivity contribution in [3.05, 3.63) is 36.1 Å². The maximum Gasteiger partial charge on any atom is 0.287 e. The summed E-state index contributed by atoms with van der Waals surface area (Å²) in [5.41, 5.74) is 0.756. The number of rotatable bonds is 6. The van der Waals surface area contributed by atoms with Gasteiger partial charge in [0.15, 0.2) is 5.76 Å². The zero-order chi connectivity index (χ0) is 15.2. The van der Waals surface area contributed by atoms with Gasteiger partial charge in [-0.2, -0.15) is 0 Å². The first-order valence-electron chi connectivity index (χ1n) is 8.03. The largest absolute Gasteiger partial charge is 0.451 e. The number of nitrogens with zero attached hydrogens (tertiary/aromatic N) is 1. The van der Waals surface area contributed by atoms with Crippen LogP contribution in [0.4, 0.5) is 0 Å². The number of carbonyl (C=O) groups excluding carboxylic acids is 1. The van der Waals surface area contributed by atoms with Gasteiger partial charge in [-0.25, -0.2) is 0 Å². The first-order valence-corrected chi connectivity index (χ1v) is 8.03. The molecule has 0 atom stereocenters. The molecule has 1 aliphatic heterocycles. The van der Waals surface area contributed by atoms with Crippen LogP contribution in [0.3, 0.4) is 0 Å². The Morgan fingerprint density at radius 3 is 2.86 bits per heavy atom. The molecule has 1 amide bonds. The van der Waals surface area contributed by atoms with Crippen molar-refractivity contribution in [2.75, 3.05) is 39.3 Å². The zero-order valence-electron chi connectivity index (χ0n) is 12.8. The third-order valence-electron chi connectivity index (χ3n) is 4.05. The smallest absolute Gasteiger partial charge is 0.287 e. The molecule has 1 aromatic carbocycles. The topological polar surface area (TPSA) is 57.5 Å². The zero-order valence-corrected chi connectivity index (χ0v) is 12.8. The summed E-state index contributed by atoms with van der Waals surface area (Å²) in [6, 6.07) is 9.47. The molecule has 2 N–H and O–H groups in total. The van der Waals surface area contributed by atoms with E-state index in [1.807, 2.05) is 24.3 Å². The molecule has 22 heavy (non-hydrogen) atoms. The van der Waals surface area contributed by atoms with E-state index in [1.165, 1.54) is 0 Å². The van der Waals surface area contributed by atoms with Gasteiger partial charge in [-0.1, -0.05) is 18.2 Å². The average Bonchev–Trinajstić information content (AvgIpc) is 2.99. The molecule has 1 aromatic heterocycles. The van der Waals surface area contributed by atoms with E-state index in [4.69, 9.17) is 4.42 Å². The van der Waals surface area contributed by atoms with E-state index in [-0.39, 0.29) is 5.91 Å². The van der Waals surface area contributed by atoms with Crippen molar-refractivity contribution >= 4 is 16.9 Å². The maximum absolute atomic E-state index is 12.1. The summed E-state index contributed by atoms with van der Waals surface area (Å²) in [5.74, 6) is 0.265. The Morgan fingerprint density at radius 2 is 2.05 bits per heavy atom. The summed E-state index contributed by atoms with van der Waals surface area (Å²) >= 11 is 0. The van der Waals surface area contributed by atoms with Gasteiger partial charge in [-0.05, 0) is 31.5 Å². The SMILES string of the molecule is O=C(NCCCCN1CCNCC1)c1cc2ccccc2o1. The normalized spacial score (nSPS) is 16.0. The lowest BCUT2D eigenvalue weighted by Crippen LogP contribution is -2.43. The molecular weight excluding hydrogens is 278 g/mol. The van der Waals surface area contributed by atoms with Crippen LogP contribution in [-0.2, 0) is 0 Å². The first-order chi connectivity index (χ1) is 10.8. The van der Waals surface area contributed by atoms with E-state index in [9.17, 15) is 4.79 Å². The van der Waals surface area contributed by atoms with Gasteiger partial charge < -0.3 is 20.0 Å². The second-order valence-electron chi connectivity index (χ2n) is 5.70. The molecule has 5 nitrogen and oxygen atoms in total. The number of para-hydroxylation sites is 1. The molecule has 0 spiro atoms. The number of nitrogens with one attached hydrogen (secondary N) is 2. The number of hydrogen-bond donors (Lipinski definition) is 2. The lowest BCUT2D eigenvalue weighted by atomic mass is 10.2. The molecule has 2 aromatic rings. The summed E-state index contributed by atoms with van der Waals surface area (Å²) in [6.07, 6.45) is 2.11. The Bertz CT molecular complexity index is 584. The number of benzene rings is 1. The lowest BCUT2D eigenvalue weighted by Gasteiger charge is -2.26. The third-order valence-corrected chi connectivity index (χ3v) is 4.05. The lowest BCUT2D eigenvalue weighted by molar-refractivity contribution is 0.0927. The highest BCUT2D eigenvalue weighted by Crippen LogP contribution is 2.18. The third kappa shape index (κ3) is 3.87. The first kappa shape index (κ1) is 15.1. The van der Waals surface area contributed by atoms with Crippen molar-refractivity contribution < 1.29 is 9.21 Å². The summed E-state index contributed by atoms with van der Waals surface area (Å²) in [4.78, 5) is 14.5. The van der Waals surface area contributed by atoms with Gasteiger partial charge in [0.05, 0.1) is 0 Å². The van der Waals surface area contributed by atoms with Crippen LogP contribution in [0.25, 0.3) is 11.0 Å². The van der Waals surface area contributed by atoms with E-state index in [0.29, 0.717) is 12.3 Å². The number of unbranched alkanes of at least 4 members (excludes halogenated alkanes) is 1. The van der Waals surface area contributed by atoms with Crippen LogP contribution in [-0.4, -0.2) is 50.1 Å². The Morgan fingerprint density at radius 1 is 1.23 bits per heavy atom. The van der Waals surface area contributed by atoms with Crippen molar-refractivity contribution in [1.29, 1.82) is 0 Å². The van der Waals surface area contributed by atoms with Crippen LogP contribution in [0.2, 0.25) is 0 Å². The fourth-order valence-corrected chi connectivity index (χ4v) is 2.78. The van der Waals surface area contributed by atoms with E-state index in [1.54, 1.807) is 6.07 Å². The van der Waals surface area contributed by atoms with Crippen molar-refractivity contribution in [2.24, 2.45) is 0 Å². The molecule has 0 saturated carbocycles. The minimum Gasteiger partial charge on any atom is -0.451 e. The minimum absolute atomic E-state index is 0.127. The molecule has 0 radical (unpaired) electrons. The highest BCUT2D eigenvalue weighted by atomic mass is 16.3. The second-order valence-corrected chi connectivity index (χ2v) is 5.70. The minimum atomic E-state index is -0.127. The van der Waals surface area contributed by atoms with Gasteiger partial charge in [0, 0.05) is 38.1 Å². The number of fused-ring (bicyclic) bond motifs is 1. The van der Waals surface area contributed by atoms with Crippen LogP contribution in [0.5, 0.6) is 0 Å². The fourth-order valence-electron chi connectivity index (χ4n) is 2.78. The van der Waals surface area contributed by atoms with Crippen molar-refractivity contribution in [3.8, 4) is 0 Å². The van der Waals surface area contributed by atoms with Gasteiger partial charge in [0.2, 0.25) is 0 Å². The van der Waals surface area contributed by atoms with E-state index < -0.39 is 0 Å². The highest BCUT2D eigenvalue weighted by molar-refractivity contribution is 5.95. The van der Waals surface area contributed by atoms with Gasteiger partial charge in [-0.3, -0.25) is 4.79 Å². The number of furan rings is 1.